The first-order valence-electron chi connectivity index (χ1n) is 8.98. The fourth-order valence-corrected chi connectivity index (χ4v) is 4.82. The number of halogens is 3. The Morgan fingerprint density at radius 3 is 2.65 bits per heavy atom. The van der Waals surface area contributed by atoms with Gasteiger partial charge in [-0.25, -0.2) is 4.98 Å². The summed E-state index contributed by atoms with van der Waals surface area (Å²) < 4.78 is 45.0. The minimum atomic E-state index is -4.33. The van der Waals surface area contributed by atoms with Gasteiger partial charge in [0, 0.05) is 32.2 Å². The zero-order valence-electron chi connectivity index (χ0n) is 14.6. The number of aromatic nitrogens is 1. The Morgan fingerprint density at radius 1 is 1.19 bits per heavy atom. The molecule has 26 heavy (non-hydrogen) atoms. The van der Waals surface area contributed by atoms with E-state index in [1.54, 1.807) is 0 Å². The van der Waals surface area contributed by atoms with Crippen molar-refractivity contribution in [2.24, 2.45) is 0 Å². The van der Waals surface area contributed by atoms with Crippen LogP contribution in [0.2, 0.25) is 0 Å². The third-order valence-corrected chi connectivity index (χ3v) is 6.32. The topological polar surface area (TPSA) is 28.6 Å². The molecule has 142 valence electrons. The maximum atomic E-state index is 12.9. The Labute approximate surface area is 154 Å². The molecule has 0 aliphatic carbocycles. The van der Waals surface area contributed by atoms with Crippen LogP contribution in [0.4, 0.5) is 18.3 Å². The van der Waals surface area contributed by atoms with E-state index < -0.39 is 11.7 Å². The largest absolute Gasteiger partial charge is 0.416 e. The molecule has 2 aliphatic heterocycles. The van der Waals surface area contributed by atoms with Crippen LogP contribution in [0.25, 0.3) is 10.2 Å². The van der Waals surface area contributed by atoms with E-state index in [4.69, 9.17) is 4.74 Å². The lowest BCUT2D eigenvalue weighted by atomic mass is 10.0. The number of piperidine rings is 1. The summed E-state index contributed by atoms with van der Waals surface area (Å²) in [7, 11) is 0. The van der Waals surface area contributed by atoms with Gasteiger partial charge in [-0.3, -0.25) is 4.90 Å². The van der Waals surface area contributed by atoms with E-state index in [0.717, 1.165) is 67.6 Å². The summed E-state index contributed by atoms with van der Waals surface area (Å²) in [5.74, 6) is 0. The van der Waals surface area contributed by atoms with Gasteiger partial charge in [0.25, 0.3) is 0 Å². The van der Waals surface area contributed by atoms with Gasteiger partial charge in [0.1, 0.15) is 0 Å². The van der Waals surface area contributed by atoms with Gasteiger partial charge in [0.2, 0.25) is 0 Å². The van der Waals surface area contributed by atoms with Crippen LogP contribution < -0.4 is 4.90 Å². The molecule has 2 fully saturated rings. The molecular formula is C18H22F3N3OS. The van der Waals surface area contributed by atoms with Crippen LogP contribution in [0.1, 0.15) is 25.3 Å². The smallest absolute Gasteiger partial charge is 0.376 e. The van der Waals surface area contributed by atoms with Crippen LogP contribution in [0, 0.1) is 0 Å². The predicted molar refractivity (Wildman–Crippen MR) is 96.8 cm³/mol. The van der Waals surface area contributed by atoms with E-state index in [2.05, 4.69) is 21.7 Å². The Hall–Kier alpha value is -1.38. The summed E-state index contributed by atoms with van der Waals surface area (Å²) in [6.45, 7) is 6.64. The molecule has 0 spiro atoms. The molecular weight excluding hydrogens is 363 g/mol. The second-order valence-corrected chi connectivity index (χ2v) is 8.08. The zero-order valence-corrected chi connectivity index (χ0v) is 15.4. The Morgan fingerprint density at radius 2 is 1.96 bits per heavy atom. The first kappa shape index (κ1) is 18.0. The van der Waals surface area contributed by atoms with Gasteiger partial charge in [0.05, 0.1) is 28.5 Å². The molecule has 4 nitrogen and oxygen atoms in total. The van der Waals surface area contributed by atoms with Crippen molar-refractivity contribution in [3.05, 3.63) is 23.8 Å². The number of thiazole rings is 1. The van der Waals surface area contributed by atoms with E-state index in [0.29, 0.717) is 11.6 Å². The quantitative estimate of drug-likeness (QED) is 0.781. The molecule has 1 unspecified atom stereocenters. The Bertz CT molecular complexity index is 771. The molecule has 0 amide bonds. The molecule has 4 rings (SSSR count). The molecule has 0 saturated carbocycles. The van der Waals surface area contributed by atoms with Crippen molar-refractivity contribution < 1.29 is 17.9 Å². The minimum absolute atomic E-state index is 0.286. The molecule has 2 aliphatic rings. The highest BCUT2D eigenvalue weighted by Gasteiger charge is 2.32. The van der Waals surface area contributed by atoms with E-state index in [1.807, 2.05) is 0 Å². The summed E-state index contributed by atoms with van der Waals surface area (Å²) >= 11 is 1.47. The third kappa shape index (κ3) is 3.68. The molecule has 2 aromatic rings. The van der Waals surface area contributed by atoms with Crippen molar-refractivity contribution in [3.8, 4) is 0 Å². The number of morpholine rings is 1. The minimum Gasteiger partial charge on any atom is -0.376 e. The van der Waals surface area contributed by atoms with Crippen LogP contribution in [-0.2, 0) is 10.9 Å². The lowest BCUT2D eigenvalue weighted by molar-refractivity contribution is -0.137. The molecule has 0 radical (unpaired) electrons. The second-order valence-electron chi connectivity index (χ2n) is 7.07. The summed E-state index contributed by atoms with van der Waals surface area (Å²) in [5, 5.41) is 0.827. The zero-order chi connectivity index (χ0) is 18.3. The normalized spacial score (nSPS) is 23.7. The van der Waals surface area contributed by atoms with Crippen molar-refractivity contribution in [1.29, 1.82) is 0 Å². The highest BCUT2D eigenvalue weighted by molar-refractivity contribution is 7.22. The lowest BCUT2D eigenvalue weighted by Crippen LogP contribution is -2.51. The Kier molecular flexibility index (Phi) is 4.83. The first-order chi connectivity index (χ1) is 12.4. The van der Waals surface area contributed by atoms with E-state index in [-0.39, 0.29) is 6.10 Å². The van der Waals surface area contributed by atoms with Gasteiger partial charge in [-0.05, 0) is 38.0 Å². The average molecular weight is 385 g/mol. The van der Waals surface area contributed by atoms with Crippen molar-refractivity contribution in [1.82, 2.24) is 9.88 Å². The second kappa shape index (κ2) is 6.98. The summed E-state index contributed by atoms with van der Waals surface area (Å²) in [6, 6.07) is 4.37. The number of rotatable bonds is 2. The van der Waals surface area contributed by atoms with Gasteiger partial charge in [0.15, 0.2) is 5.13 Å². The number of ether oxygens (including phenoxy) is 1. The SMILES string of the molecule is CC1CN(C2CCN(c3nc4cc(C(F)(F)F)ccc4s3)CC2)CCO1. The van der Waals surface area contributed by atoms with Crippen molar-refractivity contribution in [2.45, 2.75) is 38.1 Å². The van der Waals surface area contributed by atoms with Crippen molar-refractivity contribution in [3.63, 3.8) is 0 Å². The van der Waals surface area contributed by atoms with Gasteiger partial charge >= 0.3 is 6.18 Å². The summed E-state index contributed by atoms with van der Waals surface area (Å²) in [5.41, 5.74) is -0.203. The molecule has 3 heterocycles. The van der Waals surface area contributed by atoms with Crippen LogP contribution in [0.5, 0.6) is 0 Å². The summed E-state index contributed by atoms with van der Waals surface area (Å²) in [6.07, 6.45) is -1.94. The van der Waals surface area contributed by atoms with Crippen molar-refractivity contribution >= 4 is 26.7 Å². The van der Waals surface area contributed by atoms with E-state index in [1.165, 1.54) is 17.4 Å². The first-order valence-corrected chi connectivity index (χ1v) is 9.80. The number of nitrogens with zero attached hydrogens (tertiary/aromatic N) is 3. The molecule has 0 N–H and O–H groups in total. The number of hydrogen-bond donors (Lipinski definition) is 0. The number of anilines is 1. The van der Waals surface area contributed by atoms with Crippen LogP contribution in [0.3, 0.4) is 0 Å². The fraction of sp³-hybridized carbons (Fsp3) is 0.611. The Balaban J connectivity index is 1.44. The van der Waals surface area contributed by atoms with Gasteiger partial charge < -0.3 is 9.64 Å². The molecule has 1 aromatic carbocycles. The van der Waals surface area contributed by atoms with Crippen LogP contribution in [-0.4, -0.2) is 54.8 Å². The highest BCUT2D eigenvalue weighted by atomic mass is 32.1. The number of hydrogen-bond acceptors (Lipinski definition) is 5. The van der Waals surface area contributed by atoms with Gasteiger partial charge in [-0.1, -0.05) is 11.3 Å². The van der Waals surface area contributed by atoms with Crippen molar-refractivity contribution in [2.75, 3.05) is 37.7 Å². The maximum Gasteiger partial charge on any atom is 0.416 e. The average Bonchev–Trinajstić information content (AvgIpc) is 3.04. The number of alkyl halides is 3. The van der Waals surface area contributed by atoms with Gasteiger partial charge in [-0.15, -0.1) is 0 Å². The van der Waals surface area contributed by atoms with E-state index >= 15 is 0 Å². The standard InChI is InChI=1S/C18H22F3N3OS/c1-12-11-24(8-9-25-12)14-4-6-23(7-5-14)17-22-15-10-13(18(19,20)21)2-3-16(15)26-17/h2-3,10,12,14H,4-9,11H2,1H3. The number of fused-ring (bicyclic) bond motifs is 1. The maximum absolute atomic E-state index is 12.9. The molecule has 0 bridgehead atoms. The lowest BCUT2D eigenvalue weighted by Gasteiger charge is -2.41. The monoisotopic (exact) mass is 385 g/mol. The van der Waals surface area contributed by atoms with Crippen LogP contribution >= 0.6 is 11.3 Å². The molecule has 2 saturated heterocycles. The number of benzene rings is 1. The third-order valence-electron chi connectivity index (χ3n) is 5.23. The predicted octanol–water partition coefficient (Wildman–Crippen LogP) is 4.00. The van der Waals surface area contributed by atoms with E-state index in [9.17, 15) is 13.2 Å². The highest BCUT2D eigenvalue weighted by Crippen LogP contribution is 2.36. The van der Waals surface area contributed by atoms with Gasteiger partial charge in [-0.2, -0.15) is 13.2 Å². The molecule has 8 heteroatoms. The molecule has 1 atom stereocenters. The van der Waals surface area contributed by atoms with Crippen LogP contribution in [0.15, 0.2) is 18.2 Å². The molecule has 1 aromatic heterocycles. The fourth-order valence-electron chi connectivity index (χ4n) is 3.83. The summed E-state index contributed by atoms with van der Waals surface area (Å²) in [4.78, 5) is 9.19.